The summed E-state index contributed by atoms with van der Waals surface area (Å²) in [6.45, 7) is 0.495. The van der Waals surface area contributed by atoms with E-state index >= 15 is 0 Å². The fraction of sp³-hybridized carbons (Fsp3) is 0.556. The van der Waals surface area contributed by atoms with Crippen LogP contribution in [0, 0.1) is 10.8 Å². The van der Waals surface area contributed by atoms with Gasteiger partial charge in [0, 0.05) is 31.4 Å². The van der Waals surface area contributed by atoms with Crippen molar-refractivity contribution >= 4 is 5.97 Å². The van der Waals surface area contributed by atoms with Gasteiger partial charge in [0.25, 0.3) is 0 Å². The molecule has 1 N–H and O–H groups in total. The summed E-state index contributed by atoms with van der Waals surface area (Å²) in [7, 11) is 1.80. The van der Waals surface area contributed by atoms with E-state index in [4.69, 9.17) is 5.11 Å². The molecule has 1 saturated heterocycles. The first kappa shape index (κ1) is 10.6. The zero-order chi connectivity index (χ0) is 11.7. The second-order valence-electron chi connectivity index (χ2n) is 3.93. The molecule has 7 heteroatoms. The van der Waals surface area contributed by atoms with Crippen LogP contribution in [0.5, 0.6) is 0 Å². The minimum Gasteiger partial charge on any atom is -0.481 e. The Morgan fingerprint density at radius 1 is 1.62 bits per heavy atom. The molecule has 0 bridgehead atoms. The Kier molecular flexibility index (Phi) is 2.59. The summed E-state index contributed by atoms with van der Waals surface area (Å²) >= 11 is 0. The number of nitrogens with zero attached hydrogens (tertiary/aromatic N) is 4. The smallest absolute Gasteiger partial charge is 0.309 e. The van der Waals surface area contributed by atoms with Crippen LogP contribution in [0.25, 0.3) is 0 Å². The molecule has 16 heavy (non-hydrogen) atoms. The minimum atomic E-state index is -0.905. The Morgan fingerprint density at radius 3 is 2.88 bits per heavy atom. The Bertz CT molecular complexity index is 417. The van der Waals surface area contributed by atoms with Crippen molar-refractivity contribution in [3.63, 3.8) is 0 Å². The van der Waals surface area contributed by atoms with Gasteiger partial charge >= 0.3 is 5.97 Å². The van der Waals surface area contributed by atoms with Crippen LogP contribution in [0.1, 0.15) is 11.6 Å². The highest BCUT2D eigenvalue weighted by Gasteiger charge is 2.40. The van der Waals surface area contributed by atoms with Gasteiger partial charge in [-0.2, -0.15) is 0 Å². The van der Waals surface area contributed by atoms with Crippen molar-refractivity contribution in [1.82, 2.24) is 14.6 Å². The molecule has 0 radical (unpaired) electrons. The molecule has 1 fully saturated rings. The topological polar surface area (TPSA) is 87.8 Å². The fourth-order valence-electron chi connectivity index (χ4n) is 2.12. The summed E-state index contributed by atoms with van der Waals surface area (Å²) in [4.78, 5) is 25.5. The molecule has 2 heterocycles. The normalized spacial score (nSPS) is 24.7. The fourth-order valence-corrected chi connectivity index (χ4v) is 2.12. The average Bonchev–Trinajstić information content (AvgIpc) is 2.82. The molecule has 86 valence electrons. The molecule has 0 amide bonds. The highest BCUT2D eigenvalue weighted by atomic mass is 16.4. The maximum absolute atomic E-state index is 11.1. The minimum absolute atomic E-state index is 0.161. The largest absolute Gasteiger partial charge is 0.481 e. The van der Waals surface area contributed by atoms with Gasteiger partial charge in [-0.1, -0.05) is 0 Å². The van der Waals surface area contributed by atoms with Crippen LogP contribution < -0.4 is 0 Å². The van der Waals surface area contributed by atoms with Crippen LogP contribution in [-0.4, -0.2) is 38.7 Å². The lowest BCUT2D eigenvalue weighted by Crippen LogP contribution is -2.22. The molecule has 2 atom stereocenters. The van der Waals surface area contributed by atoms with Crippen molar-refractivity contribution in [3.05, 3.63) is 23.1 Å². The summed E-state index contributed by atoms with van der Waals surface area (Å²) < 4.78 is 1.77. The lowest BCUT2D eigenvalue weighted by Gasteiger charge is -2.13. The molecule has 1 aliphatic heterocycles. The molecular formula is C9H12N4O3. The number of hydrogen-bond acceptors (Lipinski definition) is 4. The van der Waals surface area contributed by atoms with E-state index in [2.05, 4.69) is 10.3 Å². The molecule has 0 aliphatic carbocycles. The molecule has 2 unspecified atom stereocenters. The molecule has 1 aromatic heterocycles. The number of carboxylic acid groups (broad SMARTS) is 1. The zero-order valence-electron chi connectivity index (χ0n) is 8.78. The van der Waals surface area contributed by atoms with Crippen LogP contribution in [-0.2, 0) is 11.8 Å². The summed E-state index contributed by atoms with van der Waals surface area (Å²) in [6, 6.07) is 0. The van der Waals surface area contributed by atoms with E-state index in [-0.39, 0.29) is 12.5 Å². The third-order valence-electron chi connectivity index (χ3n) is 2.97. The van der Waals surface area contributed by atoms with Crippen LogP contribution in [0.3, 0.4) is 0 Å². The van der Waals surface area contributed by atoms with Crippen LogP contribution in [0.4, 0.5) is 0 Å². The summed E-state index contributed by atoms with van der Waals surface area (Å²) in [5.74, 6) is -1.74. The maximum Gasteiger partial charge on any atom is 0.309 e. The first-order chi connectivity index (χ1) is 7.63. The quantitative estimate of drug-likeness (QED) is 0.741. The molecule has 1 aliphatic rings. The highest BCUT2D eigenvalue weighted by Crippen LogP contribution is 2.32. The Hall–Kier alpha value is -1.92. The molecule has 7 nitrogen and oxygen atoms in total. The lowest BCUT2D eigenvalue weighted by molar-refractivity contribution is -0.141. The molecule has 2 rings (SSSR count). The first-order valence-corrected chi connectivity index (χ1v) is 4.90. The third kappa shape index (κ3) is 1.64. The van der Waals surface area contributed by atoms with Gasteiger partial charge in [0.1, 0.15) is 0 Å². The highest BCUT2D eigenvalue weighted by molar-refractivity contribution is 5.72. The van der Waals surface area contributed by atoms with Gasteiger partial charge in [0.15, 0.2) is 0 Å². The first-order valence-electron chi connectivity index (χ1n) is 4.90. The number of carboxylic acids is 1. The number of carbonyl (C=O) groups is 1. The number of nitroso groups, excluding NO2 is 1. The number of aliphatic carboxylic acids is 1. The number of imidazole rings is 1. The standard InChI is InChI=1S/C9H12N4O3/c1-12-5-10-2-8(12)6-3-13(11-16)4-7(6)9(14)15/h2,5-7H,3-4H2,1H3,(H,14,15). The molecule has 0 spiro atoms. The van der Waals surface area contributed by atoms with Crippen molar-refractivity contribution in [2.75, 3.05) is 13.1 Å². The van der Waals surface area contributed by atoms with E-state index in [0.29, 0.717) is 6.54 Å². The number of rotatable bonds is 3. The van der Waals surface area contributed by atoms with Crippen molar-refractivity contribution < 1.29 is 9.90 Å². The number of aryl methyl sites for hydroxylation is 1. The van der Waals surface area contributed by atoms with E-state index in [9.17, 15) is 9.70 Å². The van der Waals surface area contributed by atoms with Gasteiger partial charge < -0.3 is 9.67 Å². The second kappa shape index (κ2) is 3.92. The van der Waals surface area contributed by atoms with Crippen LogP contribution in [0.15, 0.2) is 17.8 Å². The second-order valence-corrected chi connectivity index (χ2v) is 3.93. The Labute approximate surface area is 91.6 Å². The molecule has 0 saturated carbocycles. The molecule has 0 aromatic carbocycles. The average molecular weight is 224 g/mol. The molecular weight excluding hydrogens is 212 g/mol. The van der Waals surface area contributed by atoms with Gasteiger partial charge in [0.05, 0.1) is 24.1 Å². The van der Waals surface area contributed by atoms with Crippen molar-refractivity contribution in [3.8, 4) is 0 Å². The zero-order valence-corrected chi connectivity index (χ0v) is 8.78. The maximum atomic E-state index is 11.1. The Balaban J connectivity index is 2.28. The number of hydrogen-bond donors (Lipinski definition) is 1. The van der Waals surface area contributed by atoms with Gasteiger partial charge in [-0.15, -0.1) is 4.91 Å². The third-order valence-corrected chi connectivity index (χ3v) is 2.97. The number of aromatic nitrogens is 2. The predicted octanol–water partition coefficient (Wildman–Crippen LogP) is 0.201. The van der Waals surface area contributed by atoms with Crippen molar-refractivity contribution in [2.45, 2.75) is 5.92 Å². The van der Waals surface area contributed by atoms with Crippen molar-refractivity contribution in [1.29, 1.82) is 0 Å². The van der Waals surface area contributed by atoms with Gasteiger partial charge in [0.2, 0.25) is 0 Å². The van der Waals surface area contributed by atoms with Gasteiger partial charge in [-0.05, 0) is 0 Å². The van der Waals surface area contributed by atoms with Crippen molar-refractivity contribution in [2.24, 2.45) is 18.3 Å². The van der Waals surface area contributed by atoms with Crippen LogP contribution >= 0.6 is 0 Å². The van der Waals surface area contributed by atoms with E-state index in [1.54, 1.807) is 24.1 Å². The summed E-state index contributed by atoms with van der Waals surface area (Å²) in [6.07, 6.45) is 3.25. The molecule has 1 aromatic rings. The van der Waals surface area contributed by atoms with E-state index in [0.717, 1.165) is 5.69 Å². The monoisotopic (exact) mass is 224 g/mol. The Morgan fingerprint density at radius 2 is 2.38 bits per heavy atom. The van der Waals surface area contributed by atoms with E-state index < -0.39 is 11.9 Å². The van der Waals surface area contributed by atoms with E-state index in [1.807, 2.05) is 0 Å². The van der Waals surface area contributed by atoms with Gasteiger partial charge in [-0.3, -0.25) is 9.80 Å². The van der Waals surface area contributed by atoms with E-state index in [1.165, 1.54) is 5.01 Å². The van der Waals surface area contributed by atoms with Gasteiger partial charge in [-0.25, -0.2) is 4.98 Å². The predicted molar refractivity (Wildman–Crippen MR) is 54.4 cm³/mol. The van der Waals surface area contributed by atoms with Crippen LogP contribution in [0.2, 0.25) is 0 Å². The summed E-state index contributed by atoms with van der Waals surface area (Å²) in [5.41, 5.74) is 0.818. The lowest BCUT2D eigenvalue weighted by atomic mass is 9.93. The SMILES string of the molecule is Cn1cncc1C1CN(N=O)CC1C(=O)O. The summed E-state index contributed by atoms with van der Waals surface area (Å²) in [5, 5.41) is 13.1.